The van der Waals surface area contributed by atoms with Gasteiger partial charge >= 0.3 is 0 Å². The van der Waals surface area contributed by atoms with Crippen LogP contribution in [0.5, 0.6) is 0 Å². The van der Waals surface area contributed by atoms with Gasteiger partial charge in [-0.25, -0.2) is 4.39 Å². The molecule has 0 bridgehead atoms. The van der Waals surface area contributed by atoms with Gasteiger partial charge in [0.1, 0.15) is 10.9 Å². The van der Waals surface area contributed by atoms with Crippen LogP contribution in [0.3, 0.4) is 0 Å². The Morgan fingerprint density at radius 3 is 2.95 bits per heavy atom. The van der Waals surface area contributed by atoms with E-state index in [9.17, 15) is 9.18 Å². The van der Waals surface area contributed by atoms with Crippen LogP contribution in [-0.2, 0) is 11.3 Å². The van der Waals surface area contributed by atoms with Crippen LogP contribution in [0.15, 0.2) is 18.5 Å². The fraction of sp³-hybridized carbons (Fsp3) is 0.200. The van der Waals surface area contributed by atoms with Gasteiger partial charge in [-0.15, -0.1) is 34.2 Å². The molecule has 0 atom stereocenters. The van der Waals surface area contributed by atoms with Crippen molar-refractivity contribution in [2.75, 3.05) is 5.88 Å². The molecule has 0 aromatic carbocycles. The first-order valence-electron chi connectivity index (χ1n) is 4.95. The normalized spacial score (nSPS) is 9.79. The third-order valence-electron chi connectivity index (χ3n) is 2.03. The zero-order chi connectivity index (χ0) is 13.0. The van der Waals surface area contributed by atoms with Gasteiger partial charge in [-0.1, -0.05) is 11.3 Å². The van der Waals surface area contributed by atoms with Crippen molar-refractivity contribution in [3.8, 4) is 10.6 Å². The number of nitrogens with one attached hydrogen (secondary N) is 1. The Morgan fingerprint density at radius 2 is 2.26 bits per heavy atom. The maximum atomic E-state index is 13.4. The summed E-state index contributed by atoms with van der Waals surface area (Å²) in [6.07, 6.45) is 2.60. The SMILES string of the molecule is Cl.O=C(CCl)NCc1nnc(-c2ccncc2F)s1. The average Bonchev–Trinajstić information content (AvgIpc) is 2.85. The lowest BCUT2D eigenvalue weighted by Gasteiger charge is -1.97. The van der Waals surface area contributed by atoms with E-state index < -0.39 is 5.82 Å². The molecule has 2 rings (SSSR count). The highest BCUT2D eigenvalue weighted by atomic mass is 35.5. The second-order valence-corrected chi connectivity index (χ2v) is 4.60. The number of alkyl halides is 1. The molecule has 0 radical (unpaired) electrons. The van der Waals surface area contributed by atoms with Crippen molar-refractivity contribution in [1.82, 2.24) is 20.5 Å². The molecule has 0 saturated heterocycles. The molecular weight excluding hydrogens is 314 g/mol. The van der Waals surface area contributed by atoms with Crippen molar-refractivity contribution in [3.63, 3.8) is 0 Å². The minimum absolute atomic E-state index is 0. The number of carbonyl (C=O) groups is 1. The molecule has 0 fully saturated rings. The van der Waals surface area contributed by atoms with Gasteiger partial charge in [0.15, 0.2) is 10.8 Å². The first-order chi connectivity index (χ1) is 8.70. The number of hydrogen-bond donors (Lipinski definition) is 1. The van der Waals surface area contributed by atoms with E-state index in [2.05, 4.69) is 20.5 Å². The monoisotopic (exact) mass is 322 g/mol. The molecule has 0 saturated carbocycles. The van der Waals surface area contributed by atoms with Crippen molar-refractivity contribution in [3.05, 3.63) is 29.3 Å². The Balaban J connectivity index is 0.00000180. The summed E-state index contributed by atoms with van der Waals surface area (Å²) >= 11 is 6.54. The lowest BCUT2D eigenvalue weighted by molar-refractivity contribution is -0.118. The van der Waals surface area contributed by atoms with Crippen molar-refractivity contribution >= 4 is 41.3 Å². The summed E-state index contributed by atoms with van der Waals surface area (Å²) in [6.45, 7) is 0.232. The molecule has 19 heavy (non-hydrogen) atoms. The van der Waals surface area contributed by atoms with Gasteiger partial charge in [-0.05, 0) is 6.07 Å². The molecule has 1 amide bonds. The average molecular weight is 323 g/mol. The molecule has 0 aliphatic rings. The Labute approximate surface area is 123 Å². The summed E-state index contributed by atoms with van der Waals surface area (Å²) < 4.78 is 13.4. The van der Waals surface area contributed by atoms with Crippen LogP contribution in [-0.4, -0.2) is 27.0 Å². The maximum absolute atomic E-state index is 13.4. The van der Waals surface area contributed by atoms with Crippen LogP contribution < -0.4 is 5.32 Å². The van der Waals surface area contributed by atoms with E-state index in [1.165, 1.54) is 23.6 Å². The van der Waals surface area contributed by atoms with Crippen LogP contribution in [0.1, 0.15) is 5.01 Å². The molecule has 2 aromatic rings. The van der Waals surface area contributed by atoms with Crippen molar-refractivity contribution in [1.29, 1.82) is 0 Å². The summed E-state index contributed by atoms with van der Waals surface area (Å²) in [5, 5.41) is 11.3. The molecule has 2 heterocycles. The van der Waals surface area contributed by atoms with Crippen molar-refractivity contribution in [2.45, 2.75) is 6.54 Å². The molecule has 9 heteroatoms. The highest BCUT2D eigenvalue weighted by Gasteiger charge is 2.11. The van der Waals surface area contributed by atoms with Gasteiger partial charge in [0.2, 0.25) is 5.91 Å². The zero-order valence-corrected chi connectivity index (χ0v) is 11.9. The summed E-state index contributed by atoms with van der Waals surface area (Å²) in [5.74, 6) is -0.849. The number of rotatable bonds is 4. The quantitative estimate of drug-likeness (QED) is 0.874. The largest absolute Gasteiger partial charge is 0.348 e. The van der Waals surface area contributed by atoms with Crippen LogP contribution in [0.4, 0.5) is 4.39 Å². The Bertz CT molecular complexity index is 566. The van der Waals surface area contributed by atoms with E-state index in [0.29, 0.717) is 15.6 Å². The minimum Gasteiger partial charge on any atom is -0.348 e. The smallest absolute Gasteiger partial charge is 0.235 e. The number of halogens is 3. The summed E-state index contributed by atoms with van der Waals surface area (Å²) in [7, 11) is 0. The third kappa shape index (κ3) is 4.09. The van der Waals surface area contributed by atoms with Crippen molar-refractivity contribution in [2.24, 2.45) is 0 Å². The van der Waals surface area contributed by atoms with Crippen molar-refractivity contribution < 1.29 is 9.18 Å². The maximum Gasteiger partial charge on any atom is 0.235 e. The molecule has 102 valence electrons. The van der Waals surface area contributed by atoms with Gasteiger partial charge < -0.3 is 5.32 Å². The predicted molar refractivity (Wildman–Crippen MR) is 72.9 cm³/mol. The predicted octanol–water partition coefficient (Wildman–Crippen LogP) is 2.02. The molecule has 0 spiro atoms. The second kappa shape index (κ2) is 7.32. The first kappa shape index (κ1) is 15.7. The van der Waals surface area contributed by atoms with Gasteiger partial charge in [-0.3, -0.25) is 9.78 Å². The summed E-state index contributed by atoms with van der Waals surface area (Å²) in [6, 6.07) is 1.52. The van der Waals surface area contributed by atoms with Gasteiger partial charge in [-0.2, -0.15) is 0 Å². The number of aromatic nitrogens is 3. The number of nitrogens with zero attached hydrogens (tertiary/aromatic N) is 3. The molecule has 0 aliphatic carbocycles. The van der Waals surface area contributed by atoms with E-state index in [4.69, 9.17) is 11.6 Å². The van der Waals surface area contributed by atoms with E-state index in [1.54, 1.807) is 0 Å². The number of carbonyl (C=O) groups excluding carboxylic acids is 1. The van der Waals surface area contributed by atoms with E-state index in [1.807, 2.05) is 0 Å². The van der Waals surface area contributed by atoms with Gasteiger partial charge in [0.25, 0.3) is 0 Å². The molecule has 0 aliphatic heterocycles. The summed E-state index contributed by atoms with van der Waals surface area (Å²) in [4.78, 5) is 14.6. The van der Waals surface area contributed by atoms with Gasteiger partial charge in [0.05, 0.1) is 18.3 Å². The van der Waals surface area contributed by atoms with E-state index in [-0.39, 0.29) is 30.7 Å². The van der Waals surface area contributed by atoms with Gasteiger partial charge in [0, 0.05) is 6.20 Å². The highest BCUT2D eigenvalue weighted by molar-refractivity contribution is 7.14. The van der Waals surface area contributed by atoms with Crippen LogP contribution in [0.25, 0.3) is 10.6 Å². The van der Waals surface area contributed by atoms with Crippen LogP contribution in [0.2, 0.25) is 0 Å². The fourth-order valence-corrected chi connectivity index (χ4v) is 2.10. The number of hydrogen-bond acceptors (Lipinski definition) is 5. The van der Waals surface area contributed by atoms with E-state index in [0.717, 1.165) is 6.20 Å². The topological polar surface area (TPSA) is 67.8 Å². The van der Waals surface area contributed by atoms with Crippen LogP contribution >= 0.6 is 35.3 Å². The standard InChI is InChI=1S/C10H8ClFN4OS.ClH/c11-3-8(17)14-5-9-15-16-10(18-9)6-1-2-13-4-7(6)12;/h1-2,4H,3,5H2,(H,14,17);1H. The molecule has 0 unspecified atom stereocenters. The van der Waals surface area contributed by atoms with Crippen LogP contribution in [0, 0.1) is 5.82 Å². The molecule has 2 aromatic heterocycles. The molecular formula is C10H9Cl2FN4OS. The second-order valence-electron chi connectivity index (χ2n) is 3.27. The fourth-order valence-electron chi connectivity index (χ4n) is 1.20. The Hall–Kier alpha value is -1.31. The zero-order valence-electron chi connectivity index (χ0n) is 9.47. The molecule has 5 nitrogen and oxygen atoms in total. The lowest BCUT2D eigenvalue weighted by atomic mass is 10.3. The third-order valence-corrected chi connectivity index (χ3v) is 3.23. The number of pyridine rings is 1. The minimum atomic E-state index is -0.454. The highest BCUT2D eigenvalue weighted by Crippen LogP contribution is 2.25. The lowest BCUT2D eigenvalue weighted by Crippen LogP contribution is -2.23. The number of amides is 1. The Morgan fingerprint density at radius 1 is 1.47 bits per heavy atom. The van der Waals surface area contributed by atoms with E-state index >= 15 is 0 Å². The first-order valence-corrected chi connectivity index (χ1v) is 6.30. The summed E-state index contributed by atoms with van der Waals surface area (Å²) in [5.41, 5.74) is 0.345. The Kier molecular flexibility index (Phi) is 6.07. The molecule has 1 N–H and O–H groups in total.